The van der Waals surface area contributed by atoms with Gasteiger partial charge in [0.15, 0.2) is 11.6 Å². The van der Waals surface area contributed by atoms with E-state index in [2.05, 4.69) is 4.98 Å². The zero-order valence-corrected chi connectivity index (χ0v) is 11.8. The Morgan fingerprint density at radius 3 is 2.63 bits per heavy atom. The monoisotopic (exact) mass is 374 g/mol. The molecule has 19 heavy (non-hydrogen) atoms. The summed E-state index contributed by atoms with van der Waals surface area (Å²) in [7, 11) is 0. The number of primary amides is 1. The van der Waals surface area contributed by atoms with E-state index >= 15 is 0 Å². The van der Waals surface area contributed by atoms with Crippen LogP contribution in [0, 0.1) is 15.2 Å². The van der Waals surface area contributed by atoms with Crippen LogP contribution >= 0.6 is 22.6 Å². The van der Waals surface area contributed by atoms with E-state index in [0.717, 1.165) is 12.1 Å². The normalized spacial score (nSPS) is 10.5. The Hall–Kier alpha value is -1.57. The summed E-state index contributed by atoms with van der Waals surface area (Å²) in [6.45, 7) is 0. The van der Waals surface area contributed by atoms with Gasteiger partial charge < -0.3 is 5.73 Å². The number of nitrogens with two attached hydrogens (primary N) is 1. The van der Waals surface area contributed by atoms with Gasteiger partial charge in [0, 0.05) is 16.2 Å². The van der Waals surface area contributed by atoms with Gasteiger partial charge in [0.1, 0.15) is 0 Å². The van der Waals surface area contributed by atoms with Gasteiger partial charge in [-0.25, -0.2) is 8.78 Å². The second-order valence-corrected chi connectivity index (χ2v) is 5.07. The number of pyridine rings is 1. The van der Waals surface area contributed by atoms with Gasteiger partial charge >= 0.3 is 0 Å². The lowest BCUT2D eigenvalue weighted by molar-refractivity contribution is 0.0998. The van der Waals surface area contributed by atoms with Crippen molar-refractivity contribution in [2.45, 2.75) is 6.42 Å². The second kappa shape index (κ2) is 5.60. The van der Waals surface area contributed by atoms with E-state index in [-0.39, 0.29) is 6.42 Å². The van der Waals surface area contributed by atoms with Gasteiger partial charge in [0.25, 0.3) is 5.91 Å². The fourth-order valence-corrected chi connectivity index (χ4v) is 2.45. The third-order valence-electron chi connectivity index (χ3n) is 2.58. The predicted molar refractivity (Wildman–Crippen MR) is 74.6 cm³/mol. The van der Waals surface area contributed by atoms with Gasteiger partial charge in [-0.1, -0.05) is 6.07 Å². The van der Waals surface area contributed by atoms with E-state index in [1.54, 1.807) is 12.3 Å². The van der Waals surface area contributed by atoms with Crippen molar-refractivity contribution in [3.63, 3.8) is 0 Å². The van der Waals surface area contributed by atoms with Gasteiger partial charge in [0.2, 0.25) is 0 Å². The first-order valence-corrected chi connectivity index (χ1v) is 6.44. The molecule has 0 spiro atoms. The molecule has 0 radical (unpaired) electrons. The van der Waals surface area contributed by atoms with Crippen LogP contribution < -0.4 is 5.73 Å². The third kappa shape index (κ3) is 3.06. The van der Waals surface area contributed by atoms with E-state index in [1.165, 1.54) is 6.07 Å². The zero-order chi connectivity index (χ0) is 14.0. The smallest absolute Gasteiger partial charge is 0.251 e. The fraction of sp³-hybridized carbons (Fsp3) is 0.0769. The summed E-state index contributed by atoms with van der Waals surface area (Å²) in [5.74, 6) is -2.42. The van der Waals surface area contributed by atoms with Crippen molar-refractivity contribution in [1.29, 1.82) is 0 Å². The zero-order valence-electron chi connectivity index (χ0n) is 9.66. The molecule has 2 aromatic rings. The van der Waals surface area contributed by atoms with E-state index in [0.29, 0.717) is 20.4 Å². The molecule has 0 aliphatic carbocycles. The molecular weight excluding hydrogens is 365 g/mol. The molecule has 0 fully saturated rings. The number of halogens is 3. The summed E-state index contributed by atoms with van der Waals surface area (Å²) < 4.78 is 26.7. The molecule has 1 aromatic heterocycles. The highest BCUT2D eigenvalue weighted by Crippen LogP contribution is 2.18. The number of carbonyl (C=O) groups excluding carboxylic acids is 1. The highest BCUT2D eigenvalue weighted by molar-refractivity contribution is 14.1. The molecule has 0 atom stereocenters. The Balaban J connectivity index is 2.40. The number of amides is 1. The summed E-state index contributed by atoms with van der Waals surface area (Å²) in [4.78, 5) is 15.5. The van der Waals surface area contributed by atoms with E-state index in [9.17, 15) is 13.6 Å². The van der Waals surface area contributed by atoms with Crippen molar-refractivity contribution in [3.8, 4) is 0 Å². The Morgan fingerprint density at radius 2 is 2.00 bits per heavy atom. The van der Waals surface area contributed by atoms with Crippen LogP contribution in [0.4, 0.5) is 8.78 Å². The Labute approximate surface area is 122 Å². The molecule has 98 valence electrons. The third-order valence-corrected chi connectivity index (χ3v) is 3.48. The molecule has 2 N–H and O–H groups in total. The predicted octanol–water partition coefficient (Wildman–Crippen LogP) is 2.65. The number of hydrogen-bond donors (Lipinski definition) is 1. The topological polar surface area (TPSA) is 56.0 Å². The fourth-order valence-electron chi connectivity index (χ4n) is 1.72. The molecule has 1 aromatic carbocycles. The maximum atomic E-state index is 13.1. The summed E-state index contributed by atoms with van der Waals surface area (Å²) in [6, 6.07) is 5.24. The highest BCUT2D eigenvalue weighted by Gasteiger charge is 2.14. The molecule has 1 amide bonds. The quantitative estimate of drug-likeness (QED) is 0.840. The Bertz CT molecular complexity index is 647. The minimum atomic E-state index is -0.927. The molecule has 0 saturated carbocycles. The summed E-state index contributed by atoms with van der Waals surface area (Å²) in [5.41, 5.74) is 6.59. The Morgan fingerprint density at radius 1 is 1.26 bits per heavy atom. The van der Waals surface area contributed by atoms with Crippen LogP contribution in [0.25, 0.3) is 0 Å². The van der Waals surface area contributed by atoms with Gasteiger partial charge in [-0.05, 0) is 46.4 Å². The molecule has 6 heteroatoms. The van der Waals surface area contributed by atoms with Crippen LogP contribution in [-0.4, -0.2) is 10.9 Å². The number of carbonyl (C=O) groups is 1. The van der Waals surface area contributed by atoms with Gasteiger partial charge in [-0.15, -0.1) is 0 Å². The van der Waals surface area contributed by atoms with Crippen molar-refractivity contribution >= 4 is 28.5 Å². The van der Waals surface area contributed by atoms with Crippen LogP contribution in [0.2, 0.25) is 0 Å². The lowest BCUT2D eigenvalue weighted by atomic mass is 10.0. The van der Waals surface area contributed by atoms with Crippen LogP contribution in [0.3, 0.4) is 0 Å². The molecule has 0 aliphatic heterocycles. The molecule has 0 saturated heterocycles. The maximum absolute atomic E-state index is 13.1. The van der Waals surface area contributed by atoms with Crippen molar-refractivity contribution < 1.29 is 13.6 Å². The minimum absolute atomic E-state index is 0.215. The van der Waals surface area contributed by atoms with Crippen LogP contribution in [0.1, 0.15) is 21.6 Å². The number of hydrogen-bond acceptors (Lipinski definition) is 2. The second-order valence-electron chi connectivity index (χ2n) is 3.90. The van der Waals surface area contributed by atoms with Crippen LogP contribution in [-0.2, 0) is 6.42 Å². The molecule has 1 heterocycles. The van der Waals surface area contributed by atoms with Crippen LogP contribution in [0.15, 0.2) is 30.5 Å². The first kappa shape index (κ1) is 13.9. The number of nitrogens with zero attached hydrogens (tertiary/aromatic N) is 1. The number of rotatable bonds is 3. The highest BCUT2D eigenvalue weighted by atomic mass is 127. The molecule has 2 rings (SSSR count). The Kier molecular flexibility index (Phi) is 4.08. The largest absolute Gasteiger partial charge is 0.366 e. The molecule has 0 unspecified atom stereocenters. The van der Waals surface area contributed by atoms with Crippen LogP contribution in [0.5, 0.6) is 0 Å². The maximum Gasteiger partial charge on any atom is 0.251 e. The van der Waals surface area contributed by atoms with Crippen molar-refractivity contribution in [2.24, 2.45) is 5.73 Å². The molecule has 3 nitrogen and oxygen atoms in total. The summed E-state index contributed by atoms with van der Waals surface area (Å²) >= 11 is 1.98. The minimum Gasteiger partial charge on any atom is -0.366 e. The molecule has 0 bridgehead atoms. The van der Waals surface area contributed by atoms with E-state index < -0.39 is 17.5 Å². The number of aromatic nitrogens is 1. The van der Waals surface area contributed by atoms with E-state index in [1.807, 2.05) is 22.6 Å². The summed E-state index contributed by atoms with van der Waals surface area (Å²) in [5, 5.41) is 0. The number of benzene rings is 1. The SMILES string of the molecule is NC(=O)c1c(I)ccnc1Cc1ccc(F)c(F)c1. The lowest BCUT2D eigenvalue weighted by Crippen LogP contribution is -2.17. The first-order valence-electron chi connectivity index (χ1n) is 5.36. The van der Waals surface area contributed by atoms with Crippen molar-refractivity contribution in [3.05, 3.63) is 62.5 Å². The molecular formula is C13H9F2IN2O. The van der Waals surface area contributed by atoms with E-state index in [4.69, 9.17) is 5.73 Å². The first-order chi connectivity index (χ1) is 8.99. The van der Waals surface area contributed by atoms with Gasteiger partial charge in [-0.2, -0.15) is 0 Å². The lowest BCUT2D eigenvalue weighted by Gasteiger charge is -2.08. The standard InChI is InChI=1S/C13H9F2IN2O/c14-8-2-1-7(5-9(8)15)6-11-12(13(17)19)10(16)3-4-18-11/h1-5H,6H2,(H2,17,19). The van der Waals surface area contributed by atoms with Crippen molar-refractivity contribution in [2.75, 3.05) is 0 Å². The van der Waals surface area contributed by atoms with Gasteiger partial charge in [0.05, 0.1) is 11.3 Å². The summed E-state index contributed by atoms with van der Waals surface area (Å²) in [6.07, 6.45) is 1.76. The van der Waals surface area contributed by atoms with Crippen molar-refractivity contribution in [1.82, 2.24) is 4.98 Å². The average Bonchev–Trinajstić information content (AvgIpc) is 2.33. The average molecular weight is 374 g/mol. The van der Waals surface area contributed by atoms with Gasteiger partial charge in [-0.3, -0.25) is 9.78 Å². The molecule has 0 aliphatic rings.